The van der Waals surface area contributed by atoms with Gasteiger partial charge in [-0.25, -0.2) is 0 Å². The molecule has 1 heterocycles. The number of carbonyl (C=O) groups excluding carboxylic acids is 2. The lowest BCUT2D eigenvalue weighted by Gasteiger charge is -2.70. The molecule has 5 aliphatic rings. The summed E-state index contributed by atoms with van der Waals surface area (Å²) in [6.45, 7) is 16.7. The summed E-state index contributed by atoms with van der Waals surface area (Å²) in [5.41, 5.74) is 1.79. The monoisotopic (exact) mass is 568 g/mol. The van der Waals surface area contributed by atoms with Crippen molar-refractivity contribution >= 4 is 23.3 Å². The SMILES string of the molecule is C[C@@H]1[C@H]2[C@H]3C(=O)C=C4[C@@]5(C)Cc6cnoc6C(C)(C)[C@@H]5CC[C@@]4(C)[C@]3(C)CC[C@@]2(NC(=O)CCCCl)CC[C@H]1C. The molecule has 0 radical (unpaired) electrons. The second kappa shape index (κ2) is 9.19. The fraction of sp³-hybridized carbons (Fsp3) is 0.794. The number of rotatable bonds is 4. The molecule has 6 heteroatoms. The minimum atomic E-state index is -0.303. The molecule has 1 aromatic heterocycles. The van der Waals surface area contributed by atoms with E-state index in [1.54, 1.807) is 0 Å². The maximum Gasteiger partial charge on any atom is 0.220 e. The van der Waals surface area contributed by atoms with E-state index in [0.29, 0.717) is 42.3 Å². The molecule has 5 nitrogen and oxygen atoms in total. The topological polar surface area (TPSA) is 72.2 Å². The van der Waals surface area contributed by atoms with Crippen molar-refractivity contribution < 1.29 is 14.1 Å². The predicted molar refractivity (Wildman–Crippen MR) is 158 cm³/mol. The van der Waals surface area contributed by atoms with Crippen LogP contribution < -0.4 is 5.32 Å². The smallest absolute Gasteiger partial charge is 0.220 e. The van der Waals surface area contributed by atoms with E-state index in [-0.39, 0.29) is 44.9 Å². The van der Waals surface area contributed by atoms with Crippen molar-refractivity contribution in [3.05, 3.63) is 29.2 Å². The van der Waals surface area contributed by atoms with Gasteiger partial charge in [0.1, 0.15) is 5.76 Å². The van der Waals surface area contributed by atoms with E-state index < -0.39 is 0 Å². The van der Waals surface area contributed by atoms with Crippen molar-refractivity contribution in [2.24, 2.45) is 45.8 Å². The summed E-state index contributed by atoms with van der Waals surface area (Å²) in [4.78, 5) is 27.9. The predicted octanol–water partition coefficient (Wildman–Crippen LogP) is 7.41. The van der Waals surface area contributed by atoms with Crippen LogP contribution >= 0.6 is 11.6 Å². The van der Waals surface area contributed by atoms with Crippen molar-refractivity contribution in [3.63, 3.8) is 0 Å². The maximum absolute atomic E-state index is 14.7. The van der Waals surface area contributed by atoms with Gasteiger partial charge in [-0.15, -0.1) is 11.6 Å². The van der Waals surface area contributed by atoms with Crippen molar-refractivity contribution in [2.45, 2.75) is 117 Å². The molecule has 1 N–H and O–H groups in total. The normalized spacial score (nSPS) is 45.2. The Labute approximate surface area is 245 Å². The molecule has 40 heavy (non-hydrogen) atoms. The Balaban J connectivity index is 1.45. The molecule has 0 saturated heterocycles. The lowest BCUT2D eigenvalue weighted by Crippen LogP contribution is -2.70. The number of amides is 1. The molecule has 6 rings (SSSR count). The Morgan fingerprint density at radius 1 is 1.10 bits per heavy atom. The van der Waals surface area contributed by atoms with Gasteiger partial charge >= 0.3 is 0 Å². The van der Waals surface area contributed by atoms with Crippen LogP contribution in [-0.4, -0.2) is 28.3 Å². The third-order valence-corrected chi connectivity index (χ3v) is 13.9. The summed E-state index contributed by atoms with van der Waals surface area (Å²) < 4.78 is 5.82. The van der Waals surface area contributed by atoms with Gasteiger partial charge in [0.2, 0.25) is 5.91 Å². The Morgan fingerprint density at radius 2 is 1.85 bits per heavy atom. The number of ketones is 1. The number of aromatic nitrogens is 1. The zero-order valence-corrected chi connectivity index (χ0v) is 26.4. The van der Waals surface area contributed by atoms with Gasteiger partial charge in [-0.1, -0.05) is 59.2 Å². The highest BCUT2D eigenvalue weighted by molar-refractivity contribution is 6.17. The fourth-order valence-electron chi connectivity index (χ4n) is 11.3. The lowest BCUT2D eigenvalue weighted by atomic mass is 9.34. The molecule has 3 saturated carbocycles. The Morgan fingerprint density at radius 3 is 2.58 bits per heavy atom. The van der Waals surface area contributed by atoms with Crippen LogP contribution in [0.3, 0.4) is 0 Å². The molecule has 0 aromatic carbocycles. The summed E-state index contributed by atoms with van der Waals surface area (Å²) in [5, 5.41) is 7.77. The van der Waals surface area contributed by atoms with Crippen molar-refractivity contribution in [3.8, 4) is 0 Å². The van der Waals surface area contributed by atoms with Gasteiger partial charge in [-0.3, -0.25) is 9.59 Å². The molecule has 0 unspecified atom stereocenters. The maximum atomic E-state index is 14.7. The third-order valence-electron chi connectivity index (χ3n) is 13.6. The van der Waals surface area contributed by atoms with Gasteiger partial charge in [0.15, 0.2) is 5.78 Å². The standard InChI is InChI=1S/C34H49ClN2O3/c1-20-10-13-34(37-26(39)9-8-16-35)15-14-33(7)28(27(34)21(20)2)23(38)17-25-31(5)18-22-19-36-40-29(22)30(3,4)24(31)11-12-32(25,33)6/h17,19-21,24,27-28H,8-16,18H2,1-7H3,(H,37,39)/t20-,21+,24+,27+,28-,31+,32-,33-,34+/m1/s1. The molecule has 0 bridgehead atoms. The van der Waals surface area contributed by atoms with Gasteiger partial charge in [0.25, 0.3) is 0 Å². The highest BCUT2D eigenvalue weighted by Gasteiger charge is 2.70. The number of nitrogens with one attached hydrogen (secondary N) is 1. The molecule has 9 atom stereocenters. The fourth-order valence-corrected chi connectivity index (χ4v) is 11.4. The number of nitrogens with zero attached hydrogens (tertiary/aromatic N) is 1. The van der Waals surface area contributed by atoms with Crippen LogP contribution in [0.5, 0.6) is 0 Å². The first kappa shape index (κ1) is 28.5. The molecule has 0 aliphatic heterocycles. The Bertz CT molecular complexity index is 1250. The quantitative estimate of drug-likeness (QED) is 0.384. The number of hydrogen-bond acceptors (Lipinski definition) is 4. The van der Waals surface area contributed by atoms with E-state index in [1.165, 1.54) is 11.1 Å². The second-order valence-corrected chi connectivity index (χ2v) is 16.1. The number of hydrogen-bond donors (Lipinski definition) is 1. The first-order valence-corrected chi connectivity index (χ1v) is 16.4. The highest BCUT2D eigenvalue weighted by Crippen LogP contribution is 2.73. The van der Waals surface area contributed by atoms with Crippen molar-refractivity contribution in [2.75, 3.05) is 5.88 Å². The number of alkyl halides is 1. The molecule has 220 valence electrons. The first-order chi connectivity index (χ1) is 18.7. The van der Waals surface area contributed by atoms with E-state index in [1.807, 2.05) is 6.20 Å². The lowest BCUT2D eigenvalue weighted by molar-refractivity contribution is -0.168. The van der Waals surface area contributed by atoms with Gasteiger partial charge in [-0.05, 0) is 97.4 Å². The average Bonchev–Trinajstić information content (AvgIpc) is 3.36. The molecular formula is C34H49ClN2O3. The Hall–Kier alpha value is -1.62. The summed E-state index contributed by atoms with van der Waals surface area (Å²) in [5.74, 6) is 3.29. The van der Waals surface area contributed by atoms with Crippen LogP contribution in [0.15, 0.2) is 22.4 Å². The minimum absolute atomic E-state index is 0.0726. The van der Waals surface area contributed by atoms with Crippen LogP contribution in [0.25, 0.3) is 0 Å². The van der Waals surface area contributed by atoms with Crippen molar-refractivity contribution in [1.82, 2.24) is 10.5 Å². The molecule has 5 aliphatic carbocycles. The van der Waals surface area contributed by atoms with Gasteiger partial charge in [-0.2, -0.15) is 0 Å². The second-order valence-electron chi connectivity index (χ2n) is 15.7. The number of allylic oxidation sites excluding steroid dienone is 2. The van der Waals surface area contributed by atoms with Crippen LogP contribution in [-0.2, 0) is 21.4 Å². The van der Waals surface area contributed by atoms with E-state index in [9.17, 15) is 9.59 Å². The minimum Gasteiger partial charge on any atom is -0.361 e. The number of carbonyl (C=O) groups is 2. The number of halogens is 1. The summed E-state index contributed by atoms with van der Waals surface area (Å²) in [6.07, 6.45) is 12.2. The zero-order chi connectivity index (χ0) is 28.9. The van der Waals surface area contributed by atoms with Crippen LogP contribution in [0.4, 0.5) is 0 Å². The molecule has 0 spiro atoms. The first-order valence-electron chi connectivity index (χ1n) is 15.8. The molecule has 3 fully saturated rings. The van der Waals surface area contributed by atoms with Crippen LogP contribution in [0.1, 0.15) is 111 Å². The van der Waals surface area contributed by atoms with Gasteiger partial charge in [0.05, 0.1) is 6.20 Å². The van der Waals surface area contributed by atoms with Crippen LogP contribution in [0, 0.1) is 45.8 Å². The van der Waals surface area contributed by atoms with Crippen molar-refractivity contribution in [1.29, 1.82) is 0 Å². The van der Waals surface area contributed by atoms with E-state index >= 15 is 0 Å². The van der Waals surface area contributed by atoms with E-state index in [4.69, 9.17) is 16.1 Å². The Kier molecular flexibility index (Phi) is 6.55. The average molecular weight is 569 g/mol. The molecular weight excluding hydrogens is 520 g/mol. The molecule has 1 amide bonds. The zero-order valence-electron chi connectivity index (χ0n) is 25.7. The van der Waals surface area contributed by atoms with Crippen LogP contribution in [0.2, 0.25) is 0 Å². The van der Waals surface area contributed by atoms with E-state index in [2.05, 4.69) is 65.0 Å². The van der Waals surface area contributed by atoms with E-state index in [0.717, 1.165) is 50.7 Å². The largest absolute Gasteiger partial charge is 0.361 e. The summed E-state index contributed by atoms with van der Waals surface area (Å²) in [6, 6.07) is 0. The molecule has 1 aromatic rings. The highest BCUT2D eigenvalue weighted by atomic mass is 35.5. The summed E-state index contributed by atoms with van der Waals surface area (Å²) in [7, 11) is 0. The van der Waals surface area contributed by atoms with Gasteiger partial charge < -0.3 is 9.84 Å². The van der Waals surface area contributed by atoms with Gasteiger partial charge in [0, 0.05) is 34.7 Å². The number of fused-ring (bicyclic) bond motifs is 8. The summed E-state index contributed by atoms with van der Waals surface area (Å²) >= 11 is 5.93. The third kappa shape index (κ3) is 3.61.